The number of rotatable bonds is 4. The van der Waals surface area contributed by atoms with Gasteiger partial charge in [0.15, 0.2) is 0 Å². The Labute approximate surface area is 142 Å². The van der Waals surface area contributed by atoms with Crippen molar-refractivity contribution in [2.45, 2.75) is 11.4 Å². The quantitative estimate of drug-likeness (QED) is 0.742. The van der Waals surface area contributed by atoms with Gasteiger partial charge in [-0.25, -0.2) is 8.42 Å². The number of hydrogen-bond acceptors (Lipinski definition) is 2. The average molecular weight is 409 g/mol. The highest BCUT2D eigenvalue weighted by Crippen LogP contribution is 2.25. The Morgan fingerprint density at radius 2 is 1.71 bits per heavy atom. The Hall–Kier alpha value is -0.590. The molecule has 0 N–H and O–H groups in total. The molecule has 0 aliphatic carbocycles. The van der Waals surface area contributed by atoms with E-state index in [9.17, 15) is 8.42 Å². The zero-order valence-electron chi connectivity index (χ0n) is 11.1. The zero-order chi connectivity index (χ0) is 15.6. The minimum Gasteiger partial charge on any atom is -0.207 e. The maximum atomic E-state index is 12.5. The van der Waals surface area contributed by atoms with Gasteiger partial charge in [0.2, 0.25) is 10.0 Å². The van der Waals surface area contributed by atoms with Crippen molar-refractivity contribution >= 4 is 49.2 Å². The van der Waals surface area contributed by atoms with Crippen molar-refractivity contribution in [1.29, 1.82) is 0 Å². The molecule has 0 saturated heterocycles. The van der Waals surface area contributed by atoms with Gasteiger partial charge >= 0.3 is 0 Å². The normalized spacial score (nSPS) is 11.9. The summed E-state index contributed by atoms with van der Waals surface area (Å²) in [6.07, 6.45) is 0. The molecular formula is C14H12BrCl2NO2S. The molecule has 0 spiro atoms. The Bertz CT molecular complexity index is 745. The topological polar surface area (TPSA) is 37.4 Å². The molecule has 2 rings (SSSR count). The number of sulfonamides is 1. The van der Waals surface area contributed by atoms with E-state index in [1.54, 1.807) is 0 Å². The van der Waals surface area contributed by atoms with Gasteiger partial charge in [-0.05, 0) is 35.9 Å². The van der Waals surface area contributed by atoms with Crippen LogP contribution in [-0.4, -0.2) is 19.8 Å². The lowest BCUT2D eigenvalue weighted by atomic mass is 10.2. The van der Waals surface area contributed by atoms with Crippen molar-refractivity contribution in [1.82, 2.24) is 4.31 Å². The zero-order valence-corrected chi connectivity index (χ0v) is 15.0. The van der Waals surface area contributed by atoms with Crippen LogP contribution in [0.5, 0.6) is 0 Å². The highest BCUT2D eigenvalue weighted by molar-refractivity contribution is 9.10. The summed E-state index contributed by atoms with van der Waals surface area (Å²) < 4.78 is 27.2. The van der Waals surface area contributed by atoms with E-state index >= 15 is 0 Å². The number of nitrogens with zero attached hydrogens (tertiary/aromatic N) is 1. The molecule has 0 heterocycles. The van der Waals surface area contributed by atoms with Gasteiger partial charge in [0.25, 0.3) is 0 Å². The molecular weight excluding hydrogens is 397 g/mol. The largest absolute Gasteiger partial charge is 0.243 e. The van der Waals surface area contributed by atoms with Crippen LogP contribution in [0.25, 0.3) is 0 Å². The van der Waals surface area contributed by atoms with Crippen molar-refractivity contribution in [2.75, 3.05) is 7.05 Å². The third kappa shape index (κ3) is 4.20. The van der Waals surface area contributed by atoms with Crippen LogP contribution in [0.15, 0.2) is 51.8 Å². The predicted molar refractivity (Wildman–Crippen MR) is 89.3 cm³/mol. The van der Waals surface area contributed by atoms with Crippen molar-refractivity contribution in [3.8, 4) is 0 Å². The monoisotopic (exact) mass is 407 g/mol. The smallest absolute Gasteiger partial charge is 0.207 e. The second-order valence-corrected chi connectivity index (χ2v) is 8.33. The molecule has 21 heavy (non-hydrogen) atoms. The Kier molecular flexibility index (Phi) is 5.33. The molecule has 0 aromatic heterocycles. The summed E-state index contributed by atoms with van der Waals surface area (Å²) >= 11 is 15.1. The summed E-state index contributed by atoms with van der Waals surface area (Å²) in [7, 11) is -2.13. The van der Waals surface area contributed by atoms with Crippen LogP contribution in [0.4, 0.5) is 0 Å². The molecule has 0 fully saturated rings. The van der Waals surface area contributed by atoms with E-state index in [-0.39, 0.29) is 21.5 Å². The minimum atomic E-state index is -3.65. The molecule has 7 heteroatoms. The second kappa shape index (κ2) is 6.67. The number of halogens is 3. The van der Waals surface area contributed by atoms with Crippen LogP contribution < -0.4 is 0 Å². The van der Waals surface area contributed by atoms with Gasteiger partial charge in [0.05, 0.1) is 4.90 Å². The predicted octanol–water partition coefficient (Wildman–Crippen LogP) is 4.58. The molecule has 0 saturated carbocycles. The average Bonchev–Trinajstić information content (AvgIpc) is 2.37. The Balaban J connectivity index is 2.30. The third-order valence-corrected chi connectivity index (χ3v) is 5.55. The van der Waals surface area contributed by atoms with Crippen molar-refractivity contribution in [3.63, 3.8) is 0 Å². The van der Waals surface area contributed by atoms with Gasteiger partial charge in [-0.15, -0.1) is 0 Å². The second-order valence-electron chi connectivity index (χ2n) is 4.50. The van der Waals surface area contributed by atoms with Crippen molar-refractivity contribution in [3.05, 3.63) is 62.5 Å². The summed E-state index contributed by atoms with van der Waals surface area (Å²) in [6.45, 7) is 0.256. The van der Waals surface area contributed by atoms with E-state index in [2.05, 4.69) is 15.9 Å². The highest BCUT2D eigenvalue weighted by atomic mass is 79.9. The van der Waals surface area contributed by atoms with Gasteiger partial charge in [0.1, 0.15) is 0 Å². The fourth-order valence-electron chi connectivity index (χ4n) is 1.83. The summed E-state index contributed by atoms with van der Waals surface area (Å²) in [4.78, 5) is 0.0810. The van der Waals surface area contributed by atoms with Gasteiger partial charge in [-0.3, -0.25) is 0 Å². The van der Waals surface area contributed by atoms with E-state index < -0.39 is 10.0 Å². The fourth-order valence-corrected chi connectivity index (χ4v) is 4.17. The van der Waals surface area contributed by atoms with E-state index in [1.807, 2.05) is 24.3 Å². The molecule has 0 atom stereocenters. The van der Waals surface area contributed by atoms with E-state index in [1.165, 1.54) is 29.6 Å². The first kappa shape index (κ1) is 16.8. The first-order chi connectivity index (χ1) is 9.79. The Morgan fingerprint density at radius 3 is 2.29 bits per heavy atom. The van der Waals surface area contributed by atoms with E-state index in [0.717, 1.165) is 10.0 Å². The van der Waals surface area contributed by atoms with Crippen molar-refractivity contribution < 1.29 is 8.42 Å². The lowest BCUT2D eigenvalue weighted by molar-refractivity contribution is 0.466. The molecule has 3 nitrogen and oxygen atoms in total. The number of hydrogen-bond donors (Lipinski definition) is 0. The molecule has 0 amide bonds. The van der Waals surface area contributed by atoms with Crippen LogP contribution >= 0.6 is 39.1 Å². The summed E-state index contributed by atoms with van der Waals surface area (Å²) in [6, 6.07) is 11.8. The van der Waals surface area contributed by atoms with Crippen LogP contribution in [0, 0.1) is 0 Å². The van der Waals surface area contributed by atoms with Gasteiger partial charge in [-0.2, -0.15) is 4.31 Å². The molecule has 2 aromatic rings. The molecule has 112 valence electrons. The van der Waals surface area contributed by atoms with Crippen LogP contribution in [0.1, 0.15) is 5.56 Å². The number of benzene rings is 2. The van der Waals surface area contributed by atoms with Crippen molar-refractivity contribution in [2.24, 2.45) is 0 Å². The van der Waals surface area contributed by atoms with Gasteiger partial charge in [-0.1, -0.05) is 51.3 Å². The molecule has 0 unspecified atom stereocenters. The van der Waals surface area contributed by atoms with Gasteiger partial charge in [0, 0.05) is 28.1 Å². The summed E-state index contributed by atoms with van der Waals surface area (Å²) in [5, 5.41) is 0.578. The van der Waals surface area contributed by atoms with E-state index in [4.69, 9.17) is 23.2 Å². The Morgan fingerprint density at radius 1 is 1.10 bits per heavy atom. The lowest BCUT2D eigenvalue weighted by Crippen LogP contribution is -2.26. The molecule has 2 aromatic carbocycles. The van der Waals surface area contributed by atoms with Gasteiger partial charge < -0.3 is 0 Å². The third-order valence-electron chi connectivity index (χ3n) is 2.84. The van der Waals surface area contributed by atoms with Crippen LogP contribution in [-0.2, 0) is 16.6 Å². The lowest BCUT2D eigenvalue weighted by Gasteiger charge is -2.18. The van der Waals surface area contributed by atoms with E-state index in [0.29, 0.717) is 0 Å². The molecule has 0 aliphatic rings. The summed E-state index contributed by atoms with van der Waals surface area (Å²) in [5.74, 6) is 0. The minimum absolute atomic E-state index is 0.0810. The van der Waals surface area contributed by atoms with Crippen LogP contribution in [0.3, 0.4) is 0 Å². The standard InChI is InChI=1S/C14H12BrCl2NO2S/c1-18(9-10-3-2-4-11(15)5-10)21(19,20)14-7-12(16)6-13(17)8-14/h2-8H,9H2,1H3. The fraction of sp³-hybridized carbons (Fsp3) is 0.143. The maximum absolute atomic E-state index is 12.5. The first-order valence-electron chi connectivity index (χ1n) is 5.96. The highest BCUT2D eigenvalue weighted by Gasteiger charge is 2.22. The first-order valence-corrected chi connectivity index (χ1v) is 8.95. The maximum Gasteiger partial charge on any atom is 0.243 e. The van der Waals surface area contributed by atoms with Crippen LogP contribution in [0.2, 0.25) is 10.0 Å². The molecule has 0 radical (unpaired) electrons. The summed E-state index contributed by atoms with van der Waals surface area (Å²) in [5.41, 5.74) is 0.878. The molecule has 0 bridgehead atoms. The molecule has 0 aliphatic heterocycles. The SMILES string of the molecule is CN(Cc1cccc(Br)c1)S(=O)(=O)c1cc(Cl)cc(Cl)c1.